The van der Waals surface area contributed by atoms with Crippen LogP contribution in [0.5, 0.6) is 0 Å². The van der Waals surface area contributed by atoms with E-state index in [1.807, 2.05) is 30.3 Å². The SMILES string of the molecule is O=C(O)C1CN(CCc2ccccc2)C(=O)CN1. The van der Waals surface area contributed by atoms with Gasteiger partial charge in [0.25, 0.3) is 0 Å². The number of nitrogens with zero attached hydrogens (tertiary/aromatic N) is 1. The first kappa shape index (κ1) is 12.6. The topological polar surface area (TPSA) is 69.6 Å². The van der Waals surface area contributed by atoms with E-state index in [9.17, 15) is 9.59 Å². The average molecular weight is 248 g/mol. The molecule has 0 spiro atoms. The van der Waals surface area contributed by atoms with Crippen LogP contribution >= 0.6 is 0 Å². The van der Waals surface area contributed by atoms with E-state index in [2.05, 4.69) is 5.32 Å². The zero-order valence-corrected chi connectivity index (χ0v) is 10.0. The number of amides is 1. The van der Waals surface area contributed by atoms with Gasteiger partial charge in [-0.05, 0) is 12.0 Å². The van der Waals surface area contributed by atoms with Crippen molar-refractivity contribution in [2.24, 2.45) is 0 Å². The highest BCUT2D eigenvalue weighted by molar-refractivity contribution is 5.83. The third-order valence-electron chi connectivity index (χ3n) is 3.07. The Morgan fingerprint density at radius 3 is 2.78 bits per heavy atom. The lowest BCUT2D eigenvalue weighted by Gasteiger charge is -2.31. The molecule has 2 rings (SSSR count). The highest BCUT2D eigenvalue weighted by atomic mass is 16.4. The smallest absolute Gasteiger partial charge is 0.322 e. The van der Waals surface area contributed by atoms with Gasteiger partial charge in [0.2, 0.25) is 5.91 Å². The fraction of sp³-hybridized carbons (Fsp3) is 0.385. The predicted molar refractivity (Wildman–Crippen MR) is 66.2 cm³/mol. The Kier molecular flexibility index (Phi) is 3.94. The number of carboxylic acid groups (broad SMARTS) is 1. The van der Waals surface area contributed by atoms with Crippen molar-refractivity contribution in [2.45, 2.75) is 12.5 Å². The zero-order valence-electron chi connectivity index (χ0n) is 10.0. The number of carbonyl (C=O) groups excluding carboxylic acids is 1. The molecule has 0 saturated carbocycles. The number of hydrogen-bond acceptors (Lipinski definition) is 3. The Balaban J connectivity index is 1.91. The Hall–Kier alpha value is -1.88. The first-order chi connectivity index (χ1) is 8.66. The monoisotopic (exact) mass is 248 g/mol. The van der Waals surface area contributed by atoms with E-state index in [1.165, 1.54) is 0 Å². The summed E-state index contributed by atoms with van der Waals surface area (Å²) >= 11 is 0. The molecule has 0 bridgehead atoms. The summed E-state index contributed by atoms with van der Waals surface area (Å²) in [5, 5.41) is 11.6. The number of piperazine rings is 1. The summed E-state index contributed by atoms with van der Waals surface area (Å²) in [6, 6.07) is 9.20. The number of carbonyl (C=O) groups is 2. The molecule has 96 valence electrons. The number of carboxylic acids is 1. The number of benzene rings is 1. The second kappa shape index (κ2) is 5.64. The summed E-state index contributed by atoms with van der Waals surface area (Å²) < 4.78 is 0. The normalized spacial score (nSPS) is 19.9. The predicted octanol–water partition coefficient (Wildman–Crippen LogP) is 0.114. The first-order valence-electron chi connectivity index (χ1n) is 5.94. The van der Waals surface area contributed by atoms with Gasteiger partial charge in [-0.15, -0.1) is 0 Å². The van der Waals surface area contributed by atoms with Crippen LogP contribution in [0, 0.1) is 0 Å². The lowest BCUT2D eigenvalue weighted by molar-refractivity contribution is -0.144. The van der Waals surface area contributed by atoms with Crippen molar-refractivity contribution in [3.8, 4) is 0 Å². The molecular formula is C13H16N2O3. The fourth-order valence-corrected chi connectivity index (χ4v) is 2.00. The van der Waals surface area contributed by atoms with Crippen LogP contribution in [0.1, 0.15) is 5.56 Å². The van der Waals surface area contributed by atoms with E-state index in [1.54, 1.807) is 4.90 Å². The van der Waals surface area contributed by atoms with Crippen molar-refractivity contribution in [1.82, 2.24) is 10.2 Å². The maximum Gasteiger partial charge on any atom is 0.322 e. The molecule has 1 aliphatic heterocycles. The van der Waals surface area contributed by atoms with Gasteiger partial charge in [-0.25, -0.2) is 0 Å². The summed E-state index contributed by atoms with van der Waals surface area (Å²) in [7, 11) is 0. The van der Waals surface area contributed by atoms with Crippen molar-refractivity contribution in [3.05, 3.63) is 35.9 Å². The Labute approximate surface area is 105 Å². The van der Waals surface area contributed by atoms with Crippen molar-refractivity contribution in [2.75, 3.05) is 19.6 Å². The molecule has 5 heteroatoms. The highest BCUT2D eigenvalue weighted by Crippen LogP contribution is 2.05. The van der Waals surface area contributed by atoms with E-state index in [4.69, 9.17) is 5.11 Å². The molecule has 1 saturated heterocycles. The minimum Gasteiger partial charge on any atom is -0.480 e. The maximum atomic E-state index is 11.7. The summed E-state index contributed by atoms with van der Waals surface area (Å²) in [5.41, 5.74) is 1.15. The first-order valence-corrected chi connectivity index (χ1v) is 5.94. The molecule has 1 amide bonds. The van der Waals surface area contributed by atoms with E-state index in [-0.39, 0.29) is 19.0 Å². The Morgan fingerprint density at radius 1 is 1.39 bits per heavy atom. The second-order valence-corrected chi connectivity index (χ2v) is 4.35. The summed E-state index contributed by atoms with van der Waals surface area (Å²) in [6.07, 6.45) is 0.749. The van der Waals surface area contributed by atoms with Gasteiger partial charge in [0.05, 0.1) is 6.54 Å². The van der Waals surface area contributed by atoms with Gasteiger partial charge in [0.1, 0.15) is 6.04 Å². The summed E-state index contributed by atoms with van der Waals surface area (Å²) in [5.74, 6) is -0.948. The van der Waals surface area contributed by atoms with Crippen LogP contribution in [0.15, 0.2) is 30.3 Å². The van der Waals surface area contributed by atoms with Crippen LogP contribution in [-0.2, 0) is 16.0 Å². The van der Waals surface area contributed by atoms with Crippen LogP contribution in [-0.4, -0.2) is 47.6 Å². The molecule has 1 aliphatic rings. The van der Waals surface area contributed by atoms with Crippen LogP contribution in [0.4, 0.5) is 0 Å². The van der Waals surface area contributed by atoms with Crippen LogP contribution in [0.25, 0.3) is 0 Å². The van der Waals surface area contributed by atoms with Gasteiger partial charge in [0, 0.05) is 13.1 Å². The number of hydrogen-bond donors (Lipinski definition) is 2. The lowest BCUT2D eigenvalue weighted by atomic mass is 10.1. The van der Waals surface area contributed by atoms with Gasteiger partial charge >= 0.3 is 5.97 Å². The van der Waals surface area contributed by atoms with Crippen molar-refractivity contribution in [1.29, 1.82) is 0 Å². The minimum atomic E-state index is -0.910. The second-order valence-electron chi connectivity index (χ2n) is 4.35. The van der Waals surface area contributed by atoms with E-state index < -0.39 is 12.0 Å². The largest absolute Gasteiger partial charge is 0.480 e. The van der Waals surface area contributed by atoms with Gasteiger partial charge in [-0.1, -0.05) is 30.3 Å². The lowest BCUT2D eigenvalue weighted by Crippen LogP contribution is -2.57. The van der Waals surface area contributed by atoms with Gasteiger partial charge in [0.15, 0.2) is 0 Å². The molecule has 1 aromatic carbocycles. The Morgan fingerprint density at radius 2 is 2.11 bits per heavy atom. The van der Waals surface area contributed by atoms with Gasteiger partial charge < -0.3 is 10.0 Å². The Bertz CT molecular complexity index is 433. The van der Waals surface area contributed by atoms with Crippen molar-refractivity contribution < 1.29 is 14.7 Å². The molecule has 1 fully saturated rings. The molecule has 1 atom stereocenters. The molecule has 0 aromatic heterocycles. The summed E-state index contributed by atoms with van der Waals surface area (Å²) in [6.45, 7) is 0.904. The molecule has 0 radical (unpaired) electrons. The third-order valence-corrected chi connectivity index (χ3v) is 3.07. The fourth-order valence-electron chi connectivity index (χ4n) is 2.00. The average Bonchev–Trinajstić information content (AvgIpc) is 2.38. The number of rotatable bonds is 4. The van der Waals surface area contributed by atoms with Gasteiger partial charge in [-0.3, -0.25) is 14.9 Å². The quantitative estimate of drug-likeness (QED) is 0.793. The van der Waals surface area contributed by atoms with Crippen molar-refractivity contribution in [3.63, 3.8) is 0 Å². The summed E-state index contributed by atoms with van der Waals surface area (Å²) in [4.78, 5) is 24.1. The van der Waals surface area contributed by atoms with Crippen LogP contribution < -0.4 is 5.32 Å². The highest BCUT2D eigenvalue weighted by Gasteiger charge is 2.28. The van der Waals surface area contributed by atoms with Gasteiger partial charge in [-0.2, -0.15) is 0 Å². The molecule has 1 aromatic rings. The van der Waals surface area contributed by atoms with E-state index in [0.717, 1.165) is 12.0 Å². The van der Waals surface area contributed by atoms with Crippen molar-refractivity contribution >= 4 is 11.9 Å². The zero-order chi connectivity index (χ0) is 13.0. The number of aliphatic carboxylic acids is 1. The maximum absolute atomic E-state index is 11.7. The van der Waals surface area contributed by atoms with Crippen LogP contribution in [0.3, 0.4) is 0 Å². The van der Waals surface area contributed by atoms with Crippen LogP contribution in [0.2, 0.25) is 0 Å². The van der Waals surface area contributed by atoms with E-state index in [0.29, 0.717) is 6.54 Å². The van der Waals surface area contributed by atoms with E-state index >= 15 is 0 Å². The minimum absolute atomic E-state index is 0.0385. The standard InChI is InChI=1S/C13H16N2O3/c16-12-8-14-11(13(17)18)9-15(12)7-6-10-4-2-1-3-5-10/h1-5,11,14H,6-9H2,(H,17,18). The molecule has 1 heterocycles. The molecule has 5 nitrogen and oxygen atoms in total. The molecule has 2 N–H and O–H groups in total. The third kappa shape index (κ3) is 3.07. The molecule has 0 aliphatic carbocycles. The number of nitrogens with one attached hydrogen (secondary N) is 1. The molecule has 1 unspecified atom stereocenters. The molecule has 18 heavy (non-hydrogen) atoms. The molecular weight excluding hydrogens is 232 g/mol.